The highest BCUT2D eigenvalue weighted by Gasteiger charge is 2.01. The molecule has 0 unspecified atom stereocenters. The first kappa shape index (κ1) is 12.8. The number of nitrogens with zero attached hydrogens (tertiary/aromatic N) is 2. The van der Waals surface area contributed by atoms with Gasteiger partial charge >= 0.3 is 0 Å². The van der Waals surface area contributed by atoms with E-state index >= 15 is 0 Å². The van der Waals surface area contributed by atoms with Gasteiger partial charge in [0.15, 0.2) is 0 Å². The first-order valence-electron chi connectivity index (χ1n) is 5.70. The van der Waals surface area contributed by atoms with Crippen LogP contribution >= 0.6 is 15.9 Å². The second kappa shape index (κ2) is 6.35. The number of benzene rings is 1. The van der Waals surface area contributed by atoms with Crippen molar-refractivity contribution in [3.05, 3.63) is 48.3 Å². The molecule has 94 valence electrons. The second-order valence-electron chi connectivity index (χ2n) is 3.89. The van der Waals surface area contributed by atoms with Crippen LogP contribution in [0.3, 0.4) is 0 Å². The molecule has 0 bridgehead atoms. The predicted octanol–water partition coefficient (Wildman–Crippen LogP) is 2.65. The van der Waals surface area contributed by atoms with E-state index in [-0.39, 0.29) is 5.91 Å². The number of nitrogens with one attached hydrogen (secondary N) is 1. The number of hydrogen-bond acceptors (Lipinski definition) is 2. The average Bonchev–Trinajstić information content (AvgIpc) is 2.85. The third kappa shape index (κ3) is 3.70. The van der Waals surface area contributed by atoms with Crippen LogP contribution in [0.1, 0.15) is 12.0 Å². The third-order valence-corrected chi connectivity index (χ3v) is 2.86. The molecule has 0 fully saturated rings. The molecular weight excluding hydrogens is 294 g/mol. The minimum Gasteiger partial charge on any atom is -0.326 e. The lowest BCUT2D eigenvalue weighted by Gasteiger charge is -2.06. The number of alkyl halides is 1. The summed E-state index contributed by atoms with van der Waals surface area (Å²) in [5.41, 5.74) is 1.97. The largest absolute Gasteiger partial charge is 0.326 e. The number of anilines is 1. The molecule has 2 aromatic rings. The highest BCUT2D eigenvalue weighted by atomic mass is 79.9. The molecule has 0 saturated heterocycles. The predicted molar refractivity (Wildman–Crippen MR) is 74.8 cm³/mol. The molecule has 1 aromatic carbocycles. The molecule has 0 aliphatic heterocycles. The normalized spacial score (nSPS) is 10.3. The fourth-order valence-corrected chi connectivity index (χ4v) is 1.94. The Labute approximate surface area is 114 Å². The van der Waals surface area contributed by atoms with E-state index in [4.69, 9.17) is 0 Å². The van der Waals surface area contributed by atoms with Crippen molar-refractivity contribution in [2.75, 3.05) is 10.6 Å². The summed E-state index contributed by atoms with van der Waals surface area (Å²) in [6, 6.07) is 9.70. The van der Waals surface area contributed by atoms with Crippen molar-refractivity contribution in [2.45, 2.75) is 13.0 Å². The molecule has 0 aliphatic rings. The first-order chi connectivity index (χ1) is 8.78. The molecule has 1 heterocycles. The molecule has 1 amide bonds. The number of aromatic nitrogens is 2. The molecule has 0 spiro atoms. The lowest BCUT2D eigenvalue weighted by molar-refractivity contribution is -0.115. The fourth-order valence-electron chi connectivity index (χ4n) is 1.58. The molecular formula is C13H14BrN3O. The Bertz CT molecular complexity index is 493. The van der Waals surface area contributed by atoms with Gasteiger partial charge in [0.1, 0.15) is 0 Å². The van der Waals surface area contributed by atoms with Crippen LogP contribution in [-0.4, -0.2) is 21.0 Å². The smallest absolute Gasteiger partial charge is 0.225 e. The van der Waals surface area contributed by atoms with Gasteiger partial charge in [-0.3, -0.25) is 9.48 Å². The summed E-state index contributed by atoms with van der Waals surface area (Å²) < 4.78 is 1.86. The van der Waals surface area contributed by atoms with Crippen molar-refractivity contribution in [3.8, 4) is 0 Å². The number of hydrogen-bond donors (Lipinski definition) is 1. The summed E-state index contributed by atoms with van der Waals surface area (Å²) in [6.45, 7) is 0.739. The van der Waals surface area contributed by atoms with E-state index in [1.165, 1.54) is 0 Å². The number of halogens is 1. The maximum Gasteiger partial charge on any atom is 0.225 e. The van der Waals surface area contributed by atoms with E-state index in [0.29, 0.717) is 11.8 Å². The summed E-state index contributed by atoms with van der Waals surface area (Å²) in [5, 5.41) is 7.66. The van der Waals surface area contributed by atoms with Crippen LogP contribution in [0.4, 0.5) is 5.69 Å². The zero-order valence-electron chi connectivity index (χ0n) is 9.84. The lowest BCUT2D eigenvalue weighted by Crippen LogP contribution is -2.11. The number of rotatable bonds is 5. The van der Waals surface area contributed by atoms with Crippen molar-refractivity contribution in [1.29, 1.82) is 0 Å². The lowest BCUT2D eigenvalue weighted by atomic mass is 10.2. The minimum atomic E-state index is 0.0201. The second-order valence-corrected chi connectivity index (χ2v) is 4.68. The van der Waals surface area contributed by atoms with Gasteiger partial charge in [0.25, 0.3) is 0 Å². The molecule has 0 aliphatic carbocycles. The Morgan fingerprint density at radius 3 is 2.72 bits per heavy atom. The SMILES string of the molecule is O=C(CCBr)Nc1ccc(Cn2cccn2)cc1. The van der Waals surface area contributed by atoms with Crippen molar-refractivity contribution >= 4 is 27.5 Å². The Balaban J connectivity index is 1.95. The molecule has 18 heavy (non-hydrogen) atoms. The van der Waals surface area contributed by atoms with Gasteiger partial charge in [0.2, 0.25) is 5.91 Å². The zero-order chi connectivity index (χ0) is 12.8. The van der Waals surface area contributed by atoms with Crippen LogP contribution < -0.4 is 5.32 Å². The highest BCUT2D eigenvalue weighted by Crippen LogP contribution is 2.11. The van der Waals surface area contributed by atoms with Crippen LogP contribution in [0.15, 0.2) is 42.7 Å². The van der Waals surface area contributed by atoms with Gasteiger partial charge in [0, 0.05) is 29.8 Å². The molecule has 1 N–H and O–H groups in total. The molecule has 0 radical (unpaired) electrons. The maximum absolute atomic E-state index is 11.4. The molecule has 0 saturated carbocycles. The van der Waals surface area contributed by atoms with E-state index in [2.05, 4.69) is 26.3 Å². The fraction of sp³-hybridized carbons (Fsp3) is 0.231. The van der Waals surface area contributed by atoms with Crippen LogP contribution in [0.5, 0.6) is 0 Å². The Morgan fingerprint density at radius 2 is 2.11 bits per heavy atom. The standard InChI is InChI=1S/C13H14BrN3O/c14-7-6-13(18)16-12-4-2-11(3-5-12)10-17-9-1-8-15-17/h1-5,8-9H,6-7,10H2,(H,16,18). The van der Waals surface area contributed by atoms with E-state index in [9.17, 15) is 4.79 Å². The van der Waals surface area contributed by atoms with E-state index < -0.39 is 0 Å². The number of carbonyl (C=O) groups is 1. The number of carbonyl (C=O) groups excluding carboxylic acids is 1. The third-order valence-electron chi connectivity index (χ3n) is 2.46. The summed E-state index contributed by atoms with van der Waals surface area (Å²) in [4.78, 5) is 11.4. The first-order valence-corrected chi connectivity index (χ1v) is 6.82. The number of amides is 1. The van der Waals surface area contributed by atoms with Crippen molar-refractivity contribution in [2.24, 2.45) is 0 Å². The van der Waals surface area contributed by atoms with Gasteiger partial charge < -0.3 is 5.32 Å². The van der Waals surface area contributed by atoms with Gasteiger partial charge in [-0.15, -0.1) is 0 Å². The minimum absolute atomic E-state index is 0.0201. The summed E-state index contributed by atoms with van der Waals surface area (Å²) in [7, 11) is 0. The molecule has 2 rings (SSSR count). The Hall–Kier alpha value is -1.62. The van der Waals surface area contributed by atoms with Crippen LogP contribution in [0.25, 0.3) is 0 Å². The Morgan fingerprint density at radius 1 is 1.33 bits per heavy atom. The highest BCUT2D eigenvalue weighted by molar-refractivity contribution is 9.09. The van der Waals surface area contributed by atoms with Crippen molar-refractivity contribution < 1.29 is 4.79 Å². The molecule has 0 atom stereocenters. The average molecular weight is 308 g/mol. The monoisotopic (exact) mass is 307 g/mol. The molecule has 5 heteroatoms. The Kier molecular flexibility index (Phi) is 4.52. The van der Waals surface area contributed by atoms with Crippen molar-refractivity contribution in [3.63, 3.8) is 0 Å². The van der Waals surface area contributed by atoms with E-state index in [1.807, 2.05) is 41.2 Å². The van der Waals surface area contributed by atoms with Crippen LogP contribution in [-0.2, 0) is 11.3 Å². The van der Waals surface area contributed by atoms with Gasteiger partial charge in [-0.1, -0.05) is 28.1 Å². The quantitative estimate of drug-likeness (QED) is 0.863. The topological polar surface area (TPSA) is 46.9 Å². The summed E-state index contributed by atoms with van der Waals surface area (Å²) >= 11 is 3.24. The van der Waals surface area contributed by atoms with Crippen LogP contribution in [0, 0.1) is 0 Å². The van der Waals surface area contributed by atoms with E-state index in [1.54, 1.807) is 6.20 Å². The van der Waals surface area contributed by atoms with Gasteiger partial charge in [-0.2, -0.15) is 5.10 Å². The summed E-state index contributed by atoms with van der Waals surface area (Å²) in [5.74, 6) is 0.0201. The van der Waals surface area contributed by atoms with Gasteiger partial charge in [-0.05, 0) is 23.8 Å². The zero-order valence-corrected chi connectivity index (χ0v) is 11.4. The van der Waals surface area contributed by atoms with E-state index in [0.717, 1.165) is 17.8 Å². The van der Waals surface area contributed by atoms with Gasteiger partial charge in [-0.25, -0.2) is 0 Å². The maximum atomic E-state index is 11.4. The molecule has 1 aromatic heterocycles. The van der Waals surface area contributed by atoms with Gasteiger partial charge in [0.05, 0.1) is 6.54 Å². The van der Waals surface area contributed by atoms with Crippen molar-refractivity contribution in [1.82, 2.24) is 9.78 Å². The summed E-state index contributed by atoms with van der Waals surface area (Å²) in [6.07, 6.45) is 4.16. The van der Waals surface area contributed by atoms with Crippen LogP contribution in [0.2, 0.25) is 0 Å². The molecule has 4 nitrogen and oxygen atoms in total.